The van der Waals surface area contributed by atoms with E-state index >= 15 is 0 Å². The van der Waals surface area contributed by atoms with E-state index in [0.29, 0.717) is 12.1 Å². The smallest absolute Gasteiger partial charge is 0.344 e. The van der Waals surface area contributed by atoms with Crippen LogP contribution >= 0.6 is 0 Å². The minimum Gasteiger partial charge on any atom is -0.462 e. The van der Waals surface area contributed by atoms with Gasteiger partial charge in [-0.2, -0.15) is 4.39 Å². The van der Waals surface area contributed by atoms with E-state index in [1.165, 1.54) is 0 Å². The van der Waals surface area contributed by atoms with E-state index in [1.807, 2.05) is 13.8 Å². The number of carbonyl (C=O) groups is 1. The first kappa shape index (κ1) is 16.0. The number of esters is 1. The molecule has 110 valence electrons. The molecule has 0 bridgehead atoms. The Morgan fingerprint density at radius 2 is 2.10 bits per heavy atom. The van der Waals surface area contributed by atoms with Crippen molar-refractivity contribution in [1.29, 1.82) is 0 Å². The van der Waals surface area contributed by atoms with Crippen LogP contribution in [0.15, 0.2) is 12.1 Å². The van der Waals surface area contributed by atoms with Crippen LogP contribution in [0.1, 0.15) is 37.0 Å². The highest BCUT2D eigenvalue weighted by Gasteiger charge is 2.27. The molecule has 0 N–H and O–H groups in total. The average molecular weight is 287 g/mol. The van der Waals surface area contributed by atoms with Crippen LogP contribution < -0.4 is 0 Å². The quantitative estimate of drug-likeness (QED) is 0.456. The molecule has 0 saturated heterocycles. The molecule has 1 aromatic rings. The van der Waals surface area contributed by atoms with E-state index in [2.05, 4.69) is 0 Å². The molecule has 0 spiro atoms. The van der Waals surface area contributed by atoms with Crippen molar-refractivity contribution in [3.63, 3.8) is 0 Å². The van der Waals surface area contributed by atoms with E-state index in [9.17, 15) is 23.7 Å². The SMILES string of the molecule is CCCC(C)COC(=O)c1c(F)ccc([N+](=O)[O-])c1F. The van der Waals surface area contributed by atoms with E-state index < -0.39 is 33.8 Å². The summed E-state index contributed by atoms with van der Waals surface area (Å²) in [5.74, 6) is -3.87. The Bertz CT molecular complexity index is 519. The van der Waals surface area contributed by atoms with Gasteiger partial charge in [-0.25, -0.2) is 9.18 Å². The van der Waals surface area contributed by atoms with Crippen LogP contribution in [-0.4, -0.2) is 17.5 Å². The van der Waals surface area contributed by atoms with Gasteiger partial charge in [-0.1, -0.05) is 20.3 Å². The largest absolute Gasteiger partial charge is 0.462 e. The van der Waals surface area contributed by atoms with Crippen molar-refractivity contribution in [2.24, 2.45) is 5.92 Å². The predicted octanol–water partition coefficient (Wildman–Crippen LogP) is 3.47. The summed E-state index contributed by atoms with van der Waals surface area (Å²) in [7, 11) is 0. The molecule has 0 heterocycles. The average Bonchev–Trinajstić information content (AvgIpc) is 2.36. The summed E-state index contributed by atoms with van der Waals surface area (Å²) in [6.07, 6.45) is 1.69. The maximum atomic E-state index is 13.7. The topological polar surface area (TPSA) is 69.4 Å². The van der Waals surface area contributed by atoms with Crippen molar-refractivity contribution in [2.45, 2.75) is 26.7 Å². The third-order valence-electron chi connectivity index (χ3n) is 2.75. The third kappa shape index (κ3) is 3.72. The second-order valence-electron chi connectivity index (χ2n) is 4.50. The summed E-state index contributed by atoms with van der Waals surface area (Å²) in [5, 5.41) is 10.6. The van der Waals surface area contributed by atoms with Crippen molar-refractivity contribution in [2.75, 3.05) is 6.61 Å². The molecule has 0 aromatic heterocycles. The molecule has 1 rings (SSSR count). The van der Waals surface area contributed by atoms with E-state index in [-0.39, 0.29) is 12.5 Å². The number of halogens is 2. The number of benzene rings is 1. The molecule has 0 aliphatic carbocycles. The number of nitro benzene ring substituents is 1. The number of nitrogens with zero attached hydrogens (tertiary/aromatic N) is 1. The fraction of sp³-hybridized carbons (Fsp3) is 0.462. The number of hydrogen-bond donors (Lipinski definition) is 0. The van der Waals surface area contributed by atoms with Gasteiger partial charge in [-0.15, -0.1) is 0 Å². The summed E-state index contributed by atoms with van der Waals surface area (Å²) < 4.78 is 32.0. The minimum atomic E-state index is -1.51. The Hall–Kier alpha value is -2.05. The summed E-state index contributed by atoms with van der Waals surface area (Å²) in [6, 6.07) is 1.34. The third-order valence-corrected chi connectivity index (χ3v) is 2.75. The fourth-order valence-corrected chi connectivity index (χ4v) is 1.74. The summed E-state index contributed by atoms with van der Waals surface area (Å²) in [4.78, 5) is 21.2. The number of ether oxygens (including phenoxy) is 1. The van der Waals surface area contributed by atoms with Gasteiger partial charge in [-0.3, -0.25) is 10.1 Å². The molecule has 1 aromatic carbocycles. The van der Waals surface area contributed by atoms with Crippen molar-refractivity contribution in [3.8, 4) is 0 Å². The van der Waals surface area contributed by atoms with Crippen LogP contribution in [0.25, 0.3) is 0 Å². The Morgan fingerprint density at radius 1 is 1.45 bits per heavy atom. The lowest BCUT2D eigenvalue weighted by Crippen LogP contribution is -2.15. The Kier molecular flexibility index (Phi) is 5.54. The van der Waals surface area contributed by atoms with E-state index in [1.54, 1.807) is 0 Å². The fourth-order valence-electron chi connectivity index (χ4n) is 1.74. The first-order chi connectivity index (χ1) is 9.38. The van der Waals surface area contributed by atoms with Crippen LogP contribution in [0.2, 0.25) is 0 Å². The van der Waals surface area contributed by atoms with Gasteiger partial charge in [0.1, 0.15) is 11.4 Å². The molecule has 7 heteroatoms. The molecular weight excluding hydrogens is 272 g/mol. The first-order valence-electron chi connectivity index (χ1n) is 6.18. The van der Waals surface area contributed by atoms with Gasteiger partial charge in [-0.05, 0) is 18.4 Å². The van der Waals surface area contributed by atoms with E-state index in [4.69, 9.17) is 4.74 Å². The van der Waals surface area contributed by atoms with Crippen LogP contribution in [0.5, 0.6) is 0 Å². The Balaban J connectivity index is 2.92. The number of hydrogen-bond acceptors (Lipinski definition) is 4. The monoisotopic (exact) mass is 287 g/mol. The van der Waals surface area contributed by atoms with Gasteiger partial charge in [0.05, 0.1) is 11.5 Å². The zero-order valence-corrected chi connectivity index (χ0v) is 11.2. The van der Waals surface area contributed by atoms with E-state index in [0.717, 1.165) is 12.8 Å². The zero-order valence-electron chi connectivity index (χ0n) is 11.2. The second-order valence-corrected chi connectivity index (χ2v) is 4.50. The van der Waals surface area contributed by atoms with Crippen molar-refractivity contribution in [1.82, 2.24) is 0 Å². The van der Waals surface area contributed by atoms with Gasteiger partial charge >= 0.3 is 11.7 Å². The number of nitro groups is 1. The van der Waals surface area contributed by atoms with Gasteiger partial charge in [0.2, 0.25) is 5.82 Å². The predicted molar refractivity (Wildman–Crippen MR) is 67.4 cm³/mol. The molecule has 1 unspecified atom stereocenters. The molecule has 0 saturated carbocycles. The highest BCUT2D eigenvalue weighted by atomic mass is 19.1. The highest BCUT2D eigenvalue weighted by Crippen LogP contribution is 2.24. The molecule has 5 nitrogen and oxygen atoms in total. The second kappa shape index (κ2) is 6.93. The van der Waals surface area contributed by atoms with Crippen molar-refractivity contribution < 1.29 is 23.2 Å². The summed E-state index contributed by atoms with van der Waals surface area (Å²) in [5.41, 5.74) is -1.98. The van der Waals surface area contributed by atoms with Crippen molar-refractivity contribution >= 4 is 11.7 Å². The van der Waals surface area contributed by atoms with Gasteiger partial charge in [0, 0.05) is 6.07 Å². The molecule has 0 aliphatic heterocycles. The minimum absolute atomic E-state index is 0.00818. The van der Waals surface area contributed by atoms with Crippen LogP contribution in [0, 0.1) is 27.7 Å². The maximum Gasteiger partial charge on any atom is 0.344 e. The van der Waals surface area contributed by atoms with Gasteiger partial charge < -0.3 is 4.74 Å². The molecule has 0 radical (unpaired) electrons. The molecule has 0 fully saturated rings. The van der Waals surface area contributed by atoms with Crippen LogP contribution in [-0.2, 0) is 4.74 Å². The number of carbonyl (C=O) groups excluding carboxylic acids is 1. The molecule has 0 aliphatic rings. The molecule has 20 heavy (non-hydrogen) atoms. The lowest BCUT2D eigenvalue weighted by molar-refractivity contribution is -0.387. The maximum absolute atomic E-state index is 13.7. The lowest BCUT2D eigenvalue weighted by Gasteiger charge is -2.11. The zero-order chi connectivity index (χ0) is 15.3. The Labute approximate surface area is 114 Å². The van der Waals surface area contributed by atoms with Gasteiger partial charge in [0.25, 0.3) is 0 Å². The molecular formula is C13H15F2NO4. The van der Waals surface area contributed by atoms with Gasteiger partial charge in [0.15, 0.2) is 0 Å². The molecule has 0 amide bonds. The normalized spacial score (nSPS) is 12.0. The Morgan fingerprint density at radius 3 is 2.65 bits per heavy atom. The lowest BCUT2D eigenvalue weighted by atomic mass is 10.1. The van der Waals surface area contributed by atoms with Crippen molar-refractivity contribution in [3.05, 3.63) is 39.4 Å². The first-order valence-corrected chi connectivity index (χ1v) is 6.18. The number of rotatable bonds is 6. The summed E-state index contributed by atoms with van der Waals surface area (Å²) in [6.45, 7) is 3.80. The standard InChI is InChI=1S/C13H15F2NO4/c1-3-4-8(2)7-20-13(17)11-9(14)5-6-10(12(11)15)16(18)19/h5-6,8H,3-4,7H2,1-2H3. The van der Waals surface area contributed by atoms with Crippen LogP contribution in [0.4, 0.5) is 14.5 Å². The molecule has 1 atom stereocenters. The van der Waals surface area contributed by atoms with Crippen LogP contribution in [0.3, 0.4) is 0 Å². The summed E-state index contributed by atoms with van der Waals surface area (Å²) >= 11 is 0. The highest BCUT2D eigenvalue weighted by molar-refractivity contribution is 5.90.